The molecule has 0 radical (unpaired) electrons. The summed E-state index contributed by atoms with van der Waals surface area (Å²) in [5.74, 6) is 2.57. The maximum atomic E-state index is 2.25. The van der Waals surface area contributed by atoms with E-state index in [-0.39, 0.29) is 0 Å². The first kappa shape index (κ1) is 25.4. The fourth-order valence-electron chi connectivity index (χ4n) is 3.12. The van der Waals surface area contributed by atoms with Gasteiger partial charge in [-0.1, -0.05) is 124 Å². The zero-order chi connectivity index (χ0) is 21.0. The lowest BCUT2D eigenvalue weighted by atomic mass is 9.91. The summed E-state index contributed by atoms with van der Waals surface area (Å²) in [4.78, 5) is 0. The Kier molecular flexibility index (Phi) is 12.8. The van der Waals surface area contributed by atoms with Crippen molar-refractivity contribution in [3.63, 3.8) is 0 Å². The summed E-state index contributed by atoms with van der Waals surface area (Å²) in [5, 5.41) is 0. The molecule has 0 heterocycles. The summed E-state index contributed by atoms with van der Waals surface area (Å²) >= 11 is 0. The van der Waals surface area contributed by atoms with Gasteiger partial charge in [-0.2, -0.15) is 0 Å². The second-order valence-electron chi connectivity index (χ2n) is 8.58. The molecule has 0 saturated heterocycles. The van der Waals surface area contributed by atoms with Crippen molar-refractivity contribution in [2.24, 2.45) is 0 Å². The second kappa shape index (κ2) is 13.6. The van der Waals surface area contributed by atoms with Crippen LogP contribution in [0.2, 0.25) is 0 Å². The van der Waals surface area contributed by atoms with E-state index in [4.69, 9.17) is 0 Å². The van der Waals surface area contributed by atoms with E-state index in [1.165, 1.54) is 28.7 Å². The molecule has 0 bridgehead atoms. The molecule has 2 aromatic carbocycles. The van der Waals surface area contributed by atoms with Crippen LogP contribution >= 0.6 is 0 Å². The molecule has 0 aromatic heterocycles. The molecule has 0 aliphatic heterocycles. The number of rotatable bonds is 4. The molecule has 0 unspecified atom stereocenters. The van der Waals surface area contributed by atoms with Gasteiger partial charge in [0.25, 0.3) is 0 Å². The van der Waals surface area contributed by atoms with Crippen LogP contribution in [0.3, 0.4) is 0 Å². The Bertz CT molecular complexity index is 508. The summed E-state index contributed by atoms with van der Waals surface area (Å²) in [6.07, 6.45) is 1.25. The van der Waals surface area contributed by atoms with E-state index in [2.05, 4.69) is 118 Å². The van der Waals surface area contributed by atoms with Crippen LogP contribution in [0.5, 0.6) is 0 Å². The van der Waals surface area contributed by atoms with Crippen LogP contribution in [0.4, 0.5) is 0 Å². The maximum absolute atomic E-state index is 2.25. The summed E-state index contributed by atoms with van der Waals surface area (Å²) in [5.41, 5.74) is 5.97. The molecule has 2 rings (SSSR count). The van der Waals surface area contributed by atoms with Crippen molar-refractivity contribution in [2.45, 2.75) is 99.3 Å². The van der Waals surface area contributed by atoms with E-state index < -0.39 is 0 Å². The first-order valence-corrected chi connectivity index (χ1v) is 10.8. The number of benzene rings is 2. The standard InChI is InChI=1S/2C12H18.C3H8/c2*1-9(2)11-7-5-6-8-12(11)10(3)4;1-3-2/h2*5-10H,1-4H3;3H2,1-2H3. The van der Waals surface area contributed by atoms with Crippen LogP contribution in [0.25, 0.3) is 0 Å². The van der Waals surface area contributed by atoms with E-state index in [1.807, 2.05) is 0 Å². The zero-order valence-corrected chi connectivity index (χ0v) is 19.6. The van der Waals surface area contributed by atoms with Gasteiger partial charge in [-0.15, -0.1) is 0 Å². The molecule has 0 fully saturated rings. The minimum absolute atomic E-state index is 0.642. The van der Waals surface area contributed by atoms with Crippen molar-refractivity contribution < 1.29 is 0 Å². The topological polar surface area (TPSA) is 0 Å². The van der Waals surface area contributed by atoms with Crippen molar-refractivity contribution >= 4 is 0 Å². The van der Waals surface area contributed by atoms with Crippen LogP contribution in [-0.4, -0.2) is 0 Å². The van der Waals surface area contributed by atoms with Gasteiger partial charge in [0, 0.05) is 0 Å². The van der Waals surface area contributed by atoms with Gasteiger partial charge in [0.2, 0.25) is 0 Å². The highest BCUT2D eigenvalue weighted by Gasteiger charge is 2.08. The van der Waals surface area contributed by atoms with Gasteiger partial charge in [-0.25, -0.2) is 0 Å². The van der Waals surface area contributed by atoms with Gasteiger partial charge in [-0.3, -0.25) is 0 Å². The lowest BCUT2D eigenvalue weighted by Gasteiger charge is -2.14. The fraction of sp³-hybridized carbons (Fsp3) is 0.556. The molecule has 0 aliphatic rings. The van der Waals surface area contributed by atoms with E-state index in [9.17, 15) is 0 Å². The van der Waals surface area contributed by atoms with Crippen LogP contribution in [0, 0.1) is 0 Å². The summed E-state index contributed by atoms with van der Waals surface area (Å²) in [6, 6.07) is 17.4. The van der Waals surface area contributed by atoms with Crippen molar-refractivity contribution in [1.29, 1.82) is 0 Å². The van der Waals surface area contributed by atoms with Gasteiger partial charge in [-0.05, 0) is 45.9 Å². The average molecular weight is 369 g/mol. The molecule has 152 valence electrons. The fourth-order valence-corrected chi connectivity index (χ4v) is 3.12. The van der Waals surface area contributed by atoms with Crippen molar-refractivity contribution in [3.8, 4) is 0 Å². The van der Waals surface area contributed by atoms with Gasteiger partial charge < -0.3 is 0 Å². The van der Waals surface area contributed by atoms with Crippen LogP contribution in [0.1, 0.15) is 122 Å². The molecular weight excluding hydrogens is 324 g/mol. The Balaban J connectivity index is 0.000000438. The first-order valence-electron chi connectivity index (χ1n) is 10.8. The van der Waals surface area contributed by atoms with Crippen LogP contribution < -0.4 is 0 Å². The van der Waals surface area contributed by atoms with Crippen molar-refractivity contribution in [3.05, 3.63) is 70.8 Å². The first-order chi connectivity index (χ1) is 12.7. The predicted octanol–water partition coefficient (Wildman–Crippen LogP) is 9.28. The third-order valence-corrected chi connectivity index (χ3v) is 4.48. The zero-order valence-electron chi connectivity index (χ0n) is 19.6. The Morgan fingerprint density at radius 2 is 0.593 bits per heavy atom. The quantitative estimate of drug-likeness (QED) is 0.504. The highest BCUT2D eigenvalue weighted by molar-refractivity contribution is 5.32. The monoisotopic (exact) mass is 368 g/mol. The van der Waals surface area contributed by atoms with Crippen molar-refractivity contribution in [2.75, 3.05) is 0 Å². The molecule has 0 aliphatic carbocycles. The Morgan fingerprint density at radius 1 is 0.444 bits per heavy atom. The Labute approximate surface area is 170 Å². The molecule has 0 atom stereocenters. The smallest absolute Gasteiger partial charge is 0.0216 e. The normalized spacial score (nSPS) is 10.6. The third kappa shape index (κ3) is 9.27. The minimum atomic E-state index is 0.642. The lowest BCUT2D eigenvalue weighted by molar-refractivity contribution is 0.790. The summed E-state index contributed by atoms with van der Waals surface area (Å²) in [7, 11) is 0. The van der Waals surface area contributed by atoms with Gasteiger partial charge in [0.15, 0.2) is 0 Å². The highest BCUT2D eigenvalue weighted by Crippen LogP contribution is 2.26. The second-order valence-corrected chi connectivity index (χ2v) is 8.58. The SMILES string of the molecule is CC(C)c1ccccc1C(C)C.CC(C)c1ccccc1C(C)C.CCC. The highest BCUT2D eigenvalue weighted by atomic mass is 14.1. The Morgan fingerprint density at radius 3 is 0.704 bits per heavy atom. The van der Waals surface area contributed by atoms with Gasteiger partial charge in [0.05, 0.1) is 0 Å². The van der Waals surface area contributed by atoms with E-state index in [0.717, 1.165) is 0 Å². The average Bonchev–Trinajstić information content (AvgIpc) is 2.62. The van der Waals surface area contributed by atoms with E-state index in [0.29, 0.717) is 23.7 Å². The molecule has 0 heteroatoms. The van der Waals surface area contributed by atoms with Crippen LogP contribution in [-0.2, 0) is 0 Å². The molecule has 27 heavy (non-hydrogen) atoms. The molecule has 0 N–H and O–H groups in total. The minimum Gasteiger partial charge on any atom is -0.0656 e. The molecule has 0 saturated carbocycles. The predicted molar refractivity (Wildman–Crippen MR) is 125 cm³/mol. The Hall–Kier alpha value is -1.56. The molecule has 0 spiro atoms. The number of hydrogen-bond donors (Lipinski definition) is 0. The summed E-state index contributed by atoms with van der Waals surface area (Å²) < 4.78 is 0. The van der Waals surface area contributed by atoms with Gasteiger partial charge in [0.1, 0.15) is 0 Å². The number of hydrogen-bond acceptors (Lipinski definition) is 0. The van der Waals surface area contributed by atoms with E-state index in [1.54, 1.807) is 0 Å². The van der Waals surface area contributed by atoms with Gasteiger partial charge >= 0.3 is 0 Å². The maximum Gasteiger partial charge on any atom is -0.0216 e. The largest absolute Gasteiger partial charge is 0.0656 e. The lowest BCUT2D eigenvalue weighted by Crippen LogP contribution is -1.97. The third-order valence-electron chi connectivity index (χ3n) is 4.48. The van der Waals surface area contributed by atoms with Crippen molar-refractivity contribution in [1.82, 2.24) is 0 Å². The molecular formula is C27H44. The molecule has 0 nitrogen and oxygen atoms in total. The molecule has 2 aromatic rings. The van der Waals surface area contributed by atoms with E-state index >= 15 is 0 Å². The van der Waals surface area contributed by atoms with Crippen LogP contribution in [0.15, 0.2) is 48.5 Å². The molecule has 0 amide bonds. The summed E-state index contributed by atoms with van der Waals surface area (Å²) in [6.45, 7) is 22.3.